The number of hydrogen-bond donors (Lipinski definition) is 0. The van der Waals surface area contributed by atoms with Gasteiger partial charge in [-0.25, -0.2) is 8.42 Å². The second-order valence-electron chi connectivity index (χ2n) is 7.45. The van der Waals surface area contributed by atoms with E-state index in [0.29, 0.717) is 6.42 Å². The van der Waals surface area contributed by atoms with E-state index in [4.69, 9.17) is 16.3 Å². The molecule has 1 aliphatic heterocycles. The Morgan fingerprint density at radius 1 is 1.33 bits per heavy atom. The molecule has 0 N–H and O–H groups in total. The van der Waals surface area contributed by atoms with Crippen LogP contribution in [0.2, 0.25) is 0 Å². The van der Waals surface area contributed by atoms with Gasteiger partial charge in [0.15, 0.2) is 0 Å². The highest BCUT2D eigenvalue weighted by atomic mass is 35.5. The lowest BCUT2D eigenvalue weighted by Crippen LogP contribution is -2.52. The Labute approximate surface area is 131 Å². The third-order valence-electron chi connectivity index (χ3n) is 4.99. The van der Waals surface area contributed by atoms with Crippen LogP contribution in [0, 0.1) is 11.8 Å². The summed E-state index contributed by atoms with van der Waals surface area (Å²) in [4.78, 5) is 11.8. The summed E-state index contributed by atoms with van der Waals surface area (Å²) in [5.41, 5.74) is -0.507. The largest absolute Gasteiger partial charge is 0.459 e. The zero-order chi connectivity index (χ0) is 15.7. The standard InChI is InChI=1S/C14H22ClNO4S/c1-7(15)13(17)20-12-8-5-9-10(6-8)21(18,19)16(11(9)12)14(2,3)4/h7-12H,5-6H2,1-4H3. The molecule has 3 aliphatic rings. The molecule has 1 saturated heterocycles. The fraction of sp³-hybridized carbons (Fsp3) is 0.929. The Kier molecular flexibility index (Phi) is 3.40. The Bertz CT molecular complexity index is 568. The molecule has 2 saturated carbocycles. The zero-order valence-electron chi connectivity index (χ0n) is 12.7. The summed E-state index contributed by atoms with van der Waals surface area (Å²) in [5.74, 6) is -0.224. The molecule has 2 aliphatic carbocycles. The minimum absolute atomic E-state index is 0.0858. The van der Waals surface area contributed by atoms with Gasteiger partial charge < -0.3 is 4.74 Å². The van der Waals surface area contributed by atoms with E-state index in [2.05, 4.69) is 0 Å². The number of fused-ring (bicyclic) bond motifs is 1. The Balaban J connectivity index is 1.96. The third-order valence-corrected chi connectivity index (χ3v) is 7.82. The van der Waals surface area contributed by atoms with Gasteiger partial charge in [0, 0.05) is 5.54 Å². The fourth-order valence-electron chi connectivity index (χ4n) is 4.41. The molecule has 1 heterocycles. The normalized spacial score (nSPS) is 42.2. The maximum absolute atomic E-state index is 12.8. The van der Waals surface area contributed by atoms with E-state index in [1.165, 1.54) is 0 Å². The Morgan fingerprint density at radius 2 is 1.95 bits per heavy atom. The van der Waals surface area contributed by atoms with E-state index >= 15 is 0 Å². The molecule has 0 aromatic rings. The van der Waals surface area contributed by atoms with Crippen molar-refractivity contribution in [1.82, 2.24) is 4.31 Å². The lowest BCUT2D eigenvalue weighted by Gasteiger charge is -2.37. The first-order valence-corrected chi connectivity index (χ1v) is 9.37. The van der Waals surface area contributed by atoms with Crippen molar-refractivity contribution >= 4 is 27.6 Å². The summed E-state index contributed by atoms with van der Waals surface area (Å²) in [7, 11) is -3.31. The van der Waals surface area contributed by atoms with Crippen LogP contribution in [0.15, 0.2) is 0 Å². The highest BCUT2D eigenvalue weighted by Crippen LogP contribution is 2.58. The summed E-state index contributed by atoms with van der Waals surface area (Å²) in [6.07, 6.45) is 1.08. The lowest BCUT2D eigenvalue weighted by molar-refractivity contribution is -0.153. The molecule has 0 aromatic carbocycles. The van der Waals surface area contributed by atoms with E-state index in [1.54, 1.807) is 11.2 Å². The molecule has 6 unspecified atom stereocenters. The van der Waals surface area contributed by atoms with Gasteiger partial charge in [0.1, 0.15) is 11.5 Å². The number of esters is 1. The molecule has 120 valence electrons. The molecular formula is C14H22ClNO4S. The van der Waals surface area contributed by atoms with Crippen molar-refractivity contribution in [1.29, 1.82) is 0 Å². The van der Waals surface area contributed by atoms with Gasteiger partial charge in [0.2, 0.25) is 10.0 Å². The van der Waals surface area contributed by atoms with Crippen molar-refractivity contribution in [2.24, 2.45) is 11.8 Å². The number of sulfonamides is 1. The molecule has 0 aromatic heterocycles. The van der Waals surface area contributed by atoms with Crippen LogP contribution in [-0.2, 0) is 19.6 Å². The van der Waals surface area contributed by atoms with E-state index < -0.39 is 26.9 Å². The van der Waals surface area contributed by atoms with E-state index in [9.17, 15) is 13.2 Å². The number of ether oxygens (including phenoxy) is 1. The molecule has 0 radical (unpaired) electrons. The van der Waals surface area contributed by atoms with Gasteiger partial charge in [-0.05, 0) is 52.4 Å². The number of carbonyl (C=O) groups excluding carboxylic acids is 1. The minimum atomic E-state index is -3.31. The average molecular weight is 336 g/mol. The molecule has 2 bridgehead atoms. The smallest absolute Gasteiger partial charge is 0.324 e. The monoisotopic (exact) mass is 335 g/mol. The first-order chi connectivity index (χ1) is 9.55. The number of carbonyl (C=O) groups is 1. The van der Waals surface area contributed by atoms with Crippen LogP contribution in [0.1, 0.15) is 40.5 Å². The predicted octanol–water partition coefficient (Wildman–Crippen LogP) is 1.75. The summed E-state index contributed by atoms with van der Waals surface area (Å²) in [6.45, 7) is 7.26. The summed E-state index contributed by atoms with van der Waals surface area (Å²) in [5, 5.41) is -1.00. The van der Waals surface area contributed by atoms with Crippen molar-refractivity contribution < 1.29 is 17.9 Å². The van der Waals surface area contributed by atoms with Crippen LogP contribution in [0.3, 0.4) is 0 Å². The summed E-state index contributed by atoms with van der Waals surface area (Å²) >= 11 is 5.79. The Morgan fingerprint density at radius 3 is 2.48 bits per heavy atom. The average Bonchev–Trinajstić information content (AvgIpc) is 2.90. The maximum Gasteiger partial charge on any atom is 0.324 e. The first kappa shape index (κ1) is 15.6. The second kappa shape index (κ2) is 4.59. The number of nitrogens with zero attached hydrogens (tertiary/aromatic N) is 1. The highest BCUT2D eigenvalue weighted by molar-refractivity contribution is 7.90. The quantitative estimate of drug-likeness (QED) is 0.569. The summed E-state index contributed by atoms with van der Waals surface area (Å²) in [6, 6.07) is -0.224. The van der Waals surface area contributed by atoms with Crippen molar-refractivity contribution in [2.75, 3.05) is 0 Å². The lowest BCUT2D eigenvalue weighted by atomic mass is 9.90. The zero-order valence-corrected chi connectivity index (χ0v) is 14.3. The van der Waals surface area contributed by atoms with Crippen molar-refractivity contribution in [3.8, 4) is 0 Å². The Hall–Kier alpha value is -0.330. The van der Waals surface area contributed by atoms with E-state index in [1.807, 2.05) is 20.8 Å². The van der Waals surface area contributed by atoms with Crippen molar-refractivity contribution in [3.05, 3.63) is 0 Å². The number of alkyl halides is 1. The van der Waals surface area contributed by atoms with Crippen LogP contribution in [0.25, 0.3) is 0 Å². The van der Waals surface area contributed by atoms with Crippen LogP contribution >= 0.6 is 11.6 Å². The molecule has 5 nitrogen and oxygen atoms in total. The topological polar surface area (TPSA) is 63.7 Å². The van der Waals surface area contributed by atoms with Crippen LogP contribution in [-0.4, -0.2) is 47.0 Å². The van der Waals surface area contributed by atoms with Gasteiger partial charge in [0.25, 0.3) is 0 Å². The van der Waals surface area contributed by atoms with Crippen molar-refractivity contribution in [3.63, 3.8) is 0 Å². The van der Waals surface area contributed by atoms with E-state index in [0.717, 1.165) is 6.42 Å². The van der Waals surface area contributed by atoms with Crippen LogP contribution in [0.4, 0.5) is 0 Å². The van der Waals surface area contributed by atoms with E-state index in [-0.39, 0.29) is 29.2 Å². The number of rotatable bonds is 2. The minimum Gasteiger partial charge on any atom is -0.459 e. The van der Waals surface area contributed by atoms with Gasteiger partial charge in [0.05, 0.1) is 11.3 Å². The second-order valence-corrected chi connectivity index (χ2v) is 10.1. The van der Waals surface area contributed by atoms with Crippen molar-refractivity contribution in [2.45, 2.75) is 68.8 Å². The van der Waals surface area contributed by atoms with Crippen LogP contribution < -0.4 is 0 Å². The third kappa shape index (κ3) is 2.13. The molecule has 7 heteroatoms. The first-order valence-electron chi connectivity index (χ1n) is 7.43. The maximum atomic E-state index is 12.8. The van der Waals surface area contributed by atoms with Gasteiger partial charge in [-0.3, -0.25) is 4.79 Å². The number of halogens is 1. The fourth-order valence-corrected chi connectivity index (χ4v) is 7.34. The molecule has 0 spiro atoms. The molecule has 3 fully saturated rings. The molecule has 21 heavy (non-hydrogen) atoms. The van der Waals surface area contributed by atoms with Gasteiger partial charge >= 0.3 is 5.97 Å². The number of hydrogen-bond acceptors (Lipinski definition) is 4. The highest BCUT2D eigenvalue weighted by Gasteiger charge is 2.69. The molecular weight excluding hydrogens is 314 g/mol. The molecule has 0 amide bonds. The predicted molar refractivity (Wildman–Crippen MR) is 79.5 cm³/mol. The van der Waals surface area contributed by atoms with Gasteiger partial charge in [-0.1, -0.05) is 0 Å². The van der Waals surface area contributed by atoms with Gasteiger partial charge in [-0.2, -0.15) is 4.31 Å². The SMILES string of the molecule is CC(Cl)C(=O)OC1C2CC3C1N(C(C)(C)C)S(=O)(=O)C3C2. The summed E-state index contributed by atoms with van der Waals surface area (Å²) < 4.78 is 32.7. The van der Waals surface area contributed by atoms with Crippen LogP contribution in [0.5, 0.6) is 0 Å². The molecule has 3 rings (SSSR count). The molecule has 6 atom stereocenters. The van der Waals surface area contributed by atoms with Gasteiger partial charge in [-0.15, -0.1) is 11.6 Å².